The van der Waals surface area contributed by atoms with Crippen molar-refractivity contribution in [3.8, 4) is 0 Å². The molecule has 2 nitrogen and oxygen atoms in total. The molecule has 0 saturated carbocycles. The molecule has 86 valence electrons. The Bertz CT molecular complexity index is 525. The zero-order chi connectivity index (χ0) is 12.3. The maximum absolute atomic E-state index is 13.5. The number of benzene rings is 1. The van der Waals surface area contributed by atoms with E-state index in [1.807, 2.05) is 6.07 Å². The van der Waals surface area contributed by atoms with Gasteiger partial charge in [-0.15, -0.1) is 0 Å². The van der Waals surface area contributed by atoms with Crippen LogP contribution in [0.1, 0.15) is 28.9 Å². The number of Topliss-reactive ketones (excluding diaryl/α,β-unsaturated/α-hetero) is 1. The highest BCUT2D eigenvalue weighted by molar-refractivity contribution is 6.00. The molecule has 0 aliphatic carbocycles. The number of pyridine rings is 1. The standard InChI is InChI=1S/C14H12FNO/c1-10(13-8-4-5-9-16-13)14(17)11-6-2-3-7-12(11)15/h2-10H,1H3. The van der Waals surface area contributed by atoms with Gasteiger partial charge in [0.15, 0.2) is 5.78 Å². The number of nitrogens with zero attached hydrogens (tertiary/aromatic N) is 1. The first-order chi connectivity index (χ1) is 8.20. The quantitative estimate of drug-likeness (QED) is 0.756. The molecule has 0 spiro atoms. The normalized spacial score (nSPS) is 12.1. The average molecular weight is 229 g/mol. The predicted molar refractivity (Wildman–Crippen MR) is 63.4 cm³/mol. The number of hydrogen-bond acceptors (Lipinski definition) is 2. The smallest absolute Gasteiger partial charge is 0.174 e. The maximum atomic E-state index is 13.5. The van der Waals surface area contributed by atoms with Crippen LogP contribution in [0.3, 0.4) is 0 Å². The van der Waals surface area contributed by atoms with E-state index in [2.05, 4.69) is 4.98 Å². The van der Waals surface area contributed by atoms with Gasteiger partial charge in [-0.3, -0.25) is 9.78 Å². The molecule has 0 radical (unpaired) electrons. The lowest BCUT2D eigenvalue weighted by Crippen LogP contribution is -2.12. The van der Waals surface area contributed by atoms with Crippen molar-refractivity contribution in [2.24, 2.45) is 0 Å². The highest BCUT2D eigenvalue weighted by atomic mass is 19.1. The van der Waals surface area contributed by atoms with Crippen molar-refractivity contribution in [2.75, 3.05) is 0 Å². The minimum Gasteiger partial charge on any atom is -0.293 e. The SMILES string of the molecule is CC(C(=O)c1ccccc1F)c1ccccn1. The minimum absolute atomic E-state index is 0.116. The molecule has 0 fully saturated rings. The third-order valence-corrected chi connectivity index (χ3v) is 2.66. The van der Waals surface area contributed by atoms with Crippen molar-refractivity contribution in [3.05, 3.63) is 65.7 Å². The Morgan fingerprint density at radius 3 is 2.53 bits per heavy atom. The summed E-state index contributed by atoms with van der Waals surface area (Å²) in [5.41, 5.74) is 0.770. The molecule has 0 bridgehead atoms. The summed E-state index contributed by atoms with van der Waals surface area (Å²) in [6.45, 7) is 1.73. The van der Waals surface area contributed by atoms with Crippen LogP contribution in [0.4, 0.5) is 4.39 Å². The summed E-state index contributed by atoms with van der Waals surface area (Å²) in [6, 6.07) is 11.4. The van der Waals surface area contributed by atoms with Gasteiger partial charge >= 0.3 is 0 Å². The summed E-state index contributed by atoms with van der Waals surface area (Å²) in [6.07, 6.45) is 1.63. The molecule has 2 rings (SSSR count). The third-order valence-electron chi connectivity index (χ3n) is 2.66. The average Bonchev–Trinajstić information content (AvgIpc) is 2.39. The van der Waals surface area contributed by atoms with Crippen LogP contribution >= 0.6 is 0 Å². The Labute approximate surface area is 99.1 Å². The van der Waals surface area contributed by atoms with Gasteiger partial charge in [0.05, 0.1) is 17.2 Å². The van der Waals surface area contributed by atoms with Crippen molar-refractivity contribution in [2.45, 2.75) is 12.8 Å². The second-order valence-electron chi connectivity index (χ2n) is 3.82. The number of ketones is 1. The van der Waals surface area contributed by atoms with Crippen LogP contribution < -0.4 is 0 Å². The van der Waals surface area contributed by atoms with Gasteiger partial charge in [-0.25, -0.2) is 4.39 Å². The van der Waals surface area contributed by atoms with E-state index >= 15 is 0 Å². The molecule has 2 aromatic rings. The molecule has 1 unspecified atom stereocenters. The van der Waals surface area contributed by atoms with Crippen LogP contribution in [0.25, 0.3) is 0 Å². The van der Waals surface area contributed by atoms with Gasteiger partial charge in [0.1, 0.15) is 5.82 Å². The number of carbonyl (C=O) groups is 1. The monoisotopic (exact) mass is 229 g/mol. The highest BCUT2D eigenvalue weighted by Crippen LogP contribution is 2.19. The second kappa shape index (κ2) is 4.87. The lowest BCUT2D eigenvalue weighted by Gasteiger charge is -2.10. The second-order valence-corrected chi connectivity index (χ2v) is 3.82. The Morgan fingerprint density at radius 1 is 1.18 bits per heavy atom. The van der Waals surface area contributed by atoms with Gasteiger partial charge < -0.3 is 0 Å². The van der Waals surface area contributed by atoms with Crippen LogP contribution in [0, 0.1) is 5.82 Å². The van der Waals surface area contributed by atoms with Crippen molar-refractivity contribution >= 4 is 5.78 Å². The molecule has 1 aromatic heterocycles. The summed E-state index contributed by atoms with van der Waals surface area (Å²) in [5, 5.41) is 0. The van der Waals surface area contributed by atoms with Gasteiger partial charge in [-0.2, -0.15) is 0 Å². The predicted octanol–water partition coefficient (Wildman–Crippen LogP) is 3.21. The number of aromatic nitrogens is 1. The van der Waals surface area contributed by atoms with E-state index in [1.165, 1.54) is 12.1 Å². The van der Waals surface area contributed by atoms with Gasteiger partial charge in [-0.1, -0.05) is 18.2 Å². The summed E-state index contributed by atoms with van der Waals surface area (Å²) in [7, 11) is 0. The summed E-state index contributed by atoms with van der Waals surface area (Å²) >= 11 is 0. The van der Waals surface area contributed by atoms with Crippen LogP contribution in [0.2, 0.25) is 0 Å². The first-order valence-electron chi connectivity index (χ1n) is 5.40. The van der Waals surface area contributed by atoms with Crippen LogP contribution in [-0.4, -0.2) is 10.8 Å². The van der Waals surface area contributed by atoms with E-state index in [-0.39, 0.29) is 11.3 Å². The van der Waals surface area contributed by atoms with E-state index in [1.54, 1.807) is 37.4 Å². The molecule has 0 aliphatic rings. The first-order valence-corrected chi connectivity index (χ1v) is 5.40. The molecular formula is C14H12FNO. The Morgan fingerprint density at radius 2 is 1.88 bits per heavy atom. The maximum Gasteiger partial charge on any atom is 0.174 e. The zero-order valence-electron chi connectivity index (χ0n) is 9.43. The molecular weight excluding hydrogens is 217 g/mol. The van der Waals surface area contributed by atoms with Crippen LogP contribution in [0.15, 0.2) is 48.7 Å². The molecule has 17 heavy (non-hydrogen) atoms. The Hall–Kier alpha value is -2.03. The largest absolute Gasteiger partial charge is 0.293 e. The number of rotatable bonds is 3. The molecule has 1 atom stereocenters. The van der Waals surface area contributed by atoms with Crippen LogP contribution in [-0.2, 0) is 0 Å². The molecule has 3 heteroatoms. The number of halogens is 1. The van der Waals surface area contributed by atoms with E-state index in [0.717, 1.165) is 0 Å². The van der Waals surface area contributed by atoms with Gasteiger partial charge in [-0.05, 0) is 31.2 Å². The van der Waals surface area contributed by atoms with Gasteiger partial charge in [0, 0.05) is 6.20 Å². The Balaban J connectivity index is 2.30. The third kappa shape index (κ3) is 2.38. The van der Waals surface area contributed by atoms with Crippen molar-refractivity contribution in [1.82, 2.24) is 4.98 Å². The molecule has 1 heterocycles. The summed E-state index contributed by atoms with van der Waals surface area (Å²) in [4.78, 5) is 16.2. The molecule has 0 aliphatic heterocycles. The van der Waals surface area contributed by atoms with E-state index in [4.69, 9.17) is 0 Å². The van der Waals surface area contributed by atoms with E-state index in [9.17, 15) is 9.18 Å². The number of hydrogen-bond donors (Lipinski definition) is 0. The molecule has 1 aromatic carbocycles. The molecule has 0 amide bonds. The Kier molecular flexibility index (Phi) is 3.28. The molecule has 0 saturated heterocycles. The van der Waals surface area contributed by atoms with Crippen LogP contribution in [0.5, 0.6) is 0 Å². The number of carbonyl (C=O) groups excluding carboxylic acids is 1. The summed E-state index contributed by atoms with van der Waals surface area (Å²) < 4.78 is 13.5. The van der Waals surface area contributed by atoms with Crippen molar-refractivity contribution in [3.63, 3.8) is 0 Å². The fraction of sp³-hybridized carbons (Fsp3) is 0.143. The van der Waals surface area contributed by atoms with Crippen molar-refractivity contribution in [1.29, 1.82) is 0 Å². The first kappa shape index (κ1) is 11.5. The van der Waals surface area contributed by atoms with E-state index < -0.39 is 11.7 Å². The van der Waals surface area contributed by atoms with Gasteiger partial charge in [0.25, 0.3) is 0 Å². The van der Waals surface area contributed by atoms with E-state index in [0.29, 0.717) is 5.69 Å². The lowest BCUT2D eigenvalue weighted by molar-refractivity contribution is 0.0960. The fourth-order valence-electron chi connectivity index (χ4n) is 1.66. The summed E-state index contributed by atoms with van der Waals surface area (Å²) in [5.74, 6) is -1.17. The van der Waals surface area contributed by atoms with Gasteiger partial charge in [0.2, 0.25) is 0 Å². The zero-order valence-corrected chi connectivity index (χ0v) is 9.43. The van der Waals surface area contributed by atoms with Crippen molar-refractivity contribution < 1.29 is 9.18 Å². The lowest BCUT2D eigenvalue weighted by atomic mass is 9.95. The molecule has 0 N–H and O–H groups in total. The highest BCUT2D eigenvalue weighted by Gasteiger charge is 2.20. The minimum atomic E-state index is -0.486. The fourth-order valence-corrected chi connectivity index (χ4v) is 1.66. The topological polar surface area (TPSA) is 30.0 Å².